The quantitative estimate of drug-likeness (QED) is 0.584. The van der Waals surface area contributed by atoms with Gasteiger partial charge in [-0.2, -0.15) is 26.3 Å². The second-order valence-corrected chi connectivity index (χ2v) is 4.27. The van der Waals surface area contributed by atoms with Crippen molar-refractivity contribution < 1.29 is 31.1 Å². The molecule has 19 heavy (non-hydrogen) atoms. The van der Waals surface area contributed by atoms with Crippen molar-refractivity contribution in [3.8, 4) is 0 Å². The number of hydrogen-bond acceptors (Lipinski definition) is 2. The van der Waals surface area contributed by atoms with Crippen LogP contribution in [0.5, 0.6) is 0 Å². The molecule has 0 unspecified atom stereocenters. The van der Waals surface area contributed by atoms with Crippen molar-refractivity contribution in [2.45, 2.75) is 25.9 Å². The summed E-state index contributed by atoms with van der Waals surface area (Å²) in [4.78, 5) is 0. The maximum absolute atomic E-state index is 12.5. The van der Waals surface area contributed by atoms with Crippen LogP contribution in [0.1, 0.15) is 23.6 Å². The third-order valence-corrected chi connectivity index (χ3v) is 2.21. The highest BCUT2D eigenvalue weighted by Crippen LogP contribution is 2.36. The van der Waals surface area contributed by atoms with Crippen LogP contribution in [0, 0.1) is 0 Å². The zero-order chi connectivity index (χ0) is 14.8. The van der Waals surface area contributed by atoms with E-state index in [-0.39, 0.29) is 16.7 Å². The van der Waals surface area contributed by atoms with E-state index in [4.69, 9.17) is 4.74 Å². The lowest BCUT2D eigenvalue weighted by Gasteiger charge is -2.14. The van der Waals surface area contributed by atoms with Gasteiger partial charge in [-0.05, 0) is 36.0 Å². The summed E-state index contributed by atoms with van der Waals surface area (Å²) < 4.78 is 79.8. The Hall–Kier alpha value is -1.31. The van der Waals surface area contributed by atoms with Gasteiger partial charge >= 0.3 is 12.4 Å². The smallest absolute Gasteiger partial charge is 0.416 e. The molecule has 0 heterocycles. The molecule has 0 bridgehead atoms. The van der Waals surface area contributed by atoms with Gasteiger partial charge in [0.25, 0.3) is 0 Å². The lowest BCUT2D eigenvalue weighted by molar-refractivity contribution is -0.143. The molecule has 0 saturated heterocycles. The lowest BCUT2D eigenvalue weighted by atomic mass is 10.1. The number of rotatable bonds is 2. The summed E-state index contributed by atoms with van der Waals surface area (Å²) in [5.74, 6) is 0. The molecule has 1 aromatic rings. The summed E-state index contributed by atoms with van der Waals surface area (Å²) in [5, 5.41) is 0.0333. The Morgan fingerprint density at radius 1 is 1.00 bits per heavy atom. The molecule has 0 aromatic heterocycles. The minimum atomic E-state index is -4.86. The zero-order valence-corrected chi connectivity index (χ0v) is 10.3. The molecule has 0 fully saturated rings. The predicted octanol–water partition coefficient (Wildman–Crippen LogP) is 4.59. The Kier molecular flexibility index (Phi) is 4.44. The molecule has 0 atom stereocenters. The summed E-state index contributed by atoms with van der Waals surface area (Å²) in [5.41, 5.74) is -2.99. The number of benzene rings is 1. The highest BCUT2D eigenvalue weighted by molar-refractivity contribution is 7.80. The first-order valence-corrected chi connectivity index (χ1v) is 5.32. The Labute approximate surface area is 110 Å². The highest BCUT2D eigenvalue weighted by atomic mass is 32.1. The number of halogens is 6. The molecule has 106 valence electrons. The number of hydrogen-bond donors (Lipinski definition) is 0. The van der Waals surface area contributed by atoms with Crippen molar-refractivity contribution >= 4 is 17.3 Å². The maximum Gasteiger partial charge on any atom is 0.416 e. The van der Waals surface area contributed by atoms with Gasteiger partial charge in [0, 0.05) is 6.92 Å². The van der Waals surface area contributed by atoms with Crippen molar-refractivity contribution in [2.75, 3.05) is 0 Å². The first kappa shape index (κ1) is 15.7. The molecule has 0 radical (unpaired) electrons. The van der Waals surface area contributed by atoms with Gasteiger partial charge in [-0.1, -0.05) is 0 Å². The van der Waals surface area contributed by atoms with E-state index < -0.39 is 30.1 Å². The average molecular weight is 302 g/mol. The fourth-order valence-corrected chi connectivity index (χ4v) is 1.35. The molecule has 0 amide bonds. The second kappa shape index (κ2) is 5.36. The molecule has 1 aromatic carbocycles. The standard InChI is InChI=1S/C11H8F6OS/c1-6(19)18-5-7-2-8(10(12,13)14)4-9(3-7)11(15,16)17/h2-4H,5H2,1H3. The van der Waals surface area contributed by atoms with Gasteiger partial charge in [-0.25, -0.2) is 0 Å². The van der Waals surface area contributed by atoms with E-state index in [1.54, 1.807) is 0 Å². The fourth-order valence-electron chi connectivity index (χ4n) is 1.29. The van der Waals surface area contributed by atoms with Gasteiger partial charge in [0.1, 0.15) is 6.61 Å². The van der Waals surface area contributed by atoms with Crippen LogP contribution in [0.2, 0.25) is 0 Å². The van der Waals surface area contributed by atoms with Gasteiger partial charge in [0.05, 0.1) is 11.1 Å². The minimum Gasteiger partial charge on any atom is -0.483 e. The van der Waals surface area contributed by atoms with Gasteiger partial charge in [-0.3, -0.25) is 0 Å². The number of alkyl halides is 6. The predicted molar refractivity (Wildman–Crippen MR) is 59.5 cm³/mol. The van der Waals surface area contributed by atoms with Crippen LogP contribution in [0.4, 0.5) is 26.3 Å². The molecule has 0 spiro atoms. The molecule has 0 aliphatic rings. The summed E-state index contributed by atoms with van der Waals surface area (Å²) in [6, 6.07) is 1.27. The topological polar surface area (TPSA) is 9.23 Å². The Balaban J connectivity index is 3.21. The van der Waals surface area contributed by atoms with Crippen molar-refractivity contribution in [2.24, 2.45) is 0 Å². The van der Waals surface area contributed by atoms with E-state index in [9.17, 15) is 26.3 Å². The summed E-state index contributed by atoms with van der Waals surface area (Å²) in [7, 11) is 0. The fraction of sp³-hybridized carbons (Fsp3) is 0.364. The van der Waals surface area contributed by atoms with Gasteiger partial charge < -0.3 is 4.74 Å². The monoisotopic (exact) mass is 302 g/mol. The molecule has 1 nitrogen and oxygen atoms in total. The first-order valence-electron chi connectivity index (χ1n) is 4.92. The van der Waals surface area contributed by atoms with E-state index in [2.05, 4.69) is 12.2 Å². The van der Waals surface area contributed by atoms with Gasteiger partial charge in [0.2, 0.25) is 0 Å². The Bertz CT molecular complexity index is 445. The van der Waals surface area contributed by atoms with Crippen molar-refractivity contribution in [1.82, 2.24) is 0 Å². The Morgan fingerprint density at radius 3 is 1.74 bits per heavy atom. The van der Waals surface area contributed by atoms with E-state index in [1.807, 2.05) is 0 Å². The van der Waals surface area contributed by atoms with E-state index in [0.29, 0.717) is 12.1 Å². The number of ether oxygens (including phenoxy) is 1. The van der Waals surface area contributed by atoms with Crippen LogP contribution in [-0.4, -0.2) is 5.05 Å². The van der Waals surface area contributed by atoms with Crippen LogP contribution >= 0.6 is 12.2 Å². The first-order chi connectivity index (χ1) is 8.50. The van der Waals surface area contributed by atoms with Crippen LogP contribution < -0.4 is 0 Å². The maximum atomic E-state index is 12.5. The molecule has 0 saturated carbocycles. The van der Waals surface area contributed by atoms with E-state index >= 15 is 0 Å². The van der Waals surface area contributed by atoms with Crippen LogP contribution in [-0.2, 0) is 23.7 Å². The van der Waals surface area contributed by atoms with Crippen LogP contribution in [0.15, 0.2) is 18.2 Å². The molecule has 0 N–H and O–H groups in total. The van der Waals surface area contributed by atoms with Crippen LogP contribution in [0.25, 0.3) is 0 Å². The minimum absolute atomic E-state index is 0.0333. The lowest BCUT2D eigenvalue weighted by Crippen LogP contribution is -2.12. The molecule has 8 heteroatoms. The van der Waals surface area contributed by atoms with Crippen molar-refractivity contribution in [1.29, 1.82) is 0 Å². The second-order valence-electron chi connectivity index (χ2n) is 3.69. The van der Waals surface area contributed by atoms with Crippen LogP contribution in [0.3, 0.4) is 0 Å². The van der Waals surface area contributed by atoms with E-state index in [1.165, 1.54) is 6.92 Å². The highest BCUT2D eigenvalue weighted by Gasteiger charge is 2.36. The van der Waals surface area contributed by atoms with Gasteiger partial charge in [0.15, 0.2) is 5.05 Å². The number of thiocarbonyl (C=S) groups is 1. The molecular weight excluding hydrogens is 294 g/mol. The normalized spacial score (nSPS) is 12.4. The summed E-state index contributed by atoms with van der Waals surface area (Å²) >= 11 is 4.54. The molecule has 0 aliphatic heterocycles. The largest absolute Gasteiger partial charge is 0.483 e. The molecular formula is C11H8F6OS. The third-order valence-electron chi connectivity index (χ3n) is 2.09. The van der Waals surface area contributed by atoms with Crippen molar-refractivity contribution in [3.05, 3.63) is 34.9 Å². The third kappa shape index (κ3) is 4.70. The Morgan fingerprint density at radius 2 is 1.42 bits per heavy atom. The summed E-state index contributed by atoms with van der Waals surface area (Å²) in [6.07, 6.45) is -9.72. The van der Waals surface area contributed by atoms with E-state index in [0.717, 1.165) is 0 Å². The molecule has 1 rings (SSSR count). The van der Waals surface area contributed by atoms with Crippen molar-refractivity contribution in [3.63, 3.8) is 0 Å². The zero-order valence-electron chi connectivity index (χ0n) is 9.52. The average Bonchev–Trinajstić information content (AvgIpc) is 2.23. The molecule has 0 aliphatic carbocycles. The van der Waals surface area contributed by atoms with Gasteiger partial charge in [-0.15, -0.1) is 0 Å². The summed E-state index contributed by atoms with van der Waals surface area (Å²) in [6.45, 7) is 0.927. The SMILES string of the molecule is CC(=S)OCc1cc(C(F)(F)F)cc(C(F)(F)F)c1.